The molecular formula is C16H26N2O2. The van der Waals surface area contributed by atoms with Crippen LogP contribution in [0.5, 0.6) is 5.75 Å². The molecule has 4 heteroatoms. The van der Waals surface area contributed by atoms with Gasteiger partial charge in [-0.3, -0.25) is 0 Å². The van der Waals surface area contributed by atoms with Gasteiger partial charge in [0.05, 0.1) is 24.1 Å². The number of anilines is 2. The van der Waals surface area contributed by atoms with Gasteiger partial charge >= 0.3 is 0 Å². The minimum atomic E-state index is 0.113. The predicted octanol–water partition coefficient (Wildman–Crippen LogP) is 3.28. The summed E-state index contributed by atoms with van der Waals surface area (Å²) in [6.07, 6.45) is 2.28. The zero-order valence-corrected chi connectivity index (χ0v) is 12.9. The summed E-state index contributed by atoms with van der Waals surface area (Å²) in [7, 11) is 1.77. The van der Waals surface area contributed by atoms with E-state index in [-0.39, 0.29) is 5.41 Å². The molecule has 2 rings (SSSR count). The summed E-state index contributed by atoms with van der Waals surface area (Å²) in [5.41, 5.74) is 7.94. The van der Waals surface area contributed by atoms with Crippen molar-refractivity contribution in [3.63, 3.8) is 0 Å². The van der Waals surface area contributed by atoms with Crippen LogP contribution < -0.4 is 15.8 Å². The van der Waals surface area contributed by atoms with E-state index in [1.807, 2.05) is 18.2 Å². The molecule has 0 heterocycles. The molecule has 4 nitrogen and oxygen atoms in total. The Morgan fingerprint density at radius 1 is 1.40 bits per heavy atom. The van der Waals surface area contributed by atoms with Crippen LogP contribution in [0, 0.1) is 5.41 Å². The van der Waals surface area contributed by atoms with Gasteiger partial charge in [-0.05, 0) is 25.0 Å². The second kappa shape index (κ2) is 5.92. The third-order valence-corrected chi connectivity index (χ3v) is 4.32. The molecule has 2 unspecified atom stereocenters. The highest BCUT2D eigenvalue weighted by Crippen LogP contribution is 2.45. The molecule has 2 atom stereocenters. The smallest absolute Gasteiger partial charge is 0.144 e. The van der Waals surface area contributed by atoms with Crippen molar-refractivity contribution in [2.75, 3.05) is 24.8 Å². The lowest BCUT2D eigenvalue weighted by molar-refractivity contribution is -0.0794. The Morgan fingerprint density at radius 2 is 2.15 bits per heavy atom. The number of ether oxygens (including phenoxy) is 2. The lowest BCUT2D eigenvalue weighted by Crippen LogP contribution is -2.57. The molecule has 1 aromatic carbocycles. The maximum atomic E-state index is 6.19. The molecule has 1 fully saturated rings. The third-order valence-electron chi connectivity index (χ3n) is 4.32. The van der Waals surface area contributed by atoms with E-state index in [1.54, 1.807) is 7.11 Å². The quantitative estimate of drug-likeness (QED) is 0.784. The zero-order chi connectivity index (χ0) is 14.8. The van der Waals surface area contributed by atoms with Crippen LogP contribution in [0.1, 0.15) is 33.6 Å². The zero-order valence-electron chi connectivity index (χ0n) is 12.9. The number of nitrogen functional groups attached to an aromatic ring is 1. The van der Waals surface area contributed by atoms with Crippen LogP contribution >= 0.6 is 0 Å². The predicted molar refractivity (Wildman–Crippen MR) is 83.2 cm³/mol. The second-order valence-corrected chi connectivity index (χ2v) is 6.04. The summed E-state index contributed by atoms with van der Waals surface area (Å²) in [6.45, 7) is 7.21. The highest BCUT2D eigenvalue weighted by molar-refractivity contribution is 5.73. The summed E-state index contributed by atoms with van der Waals surface area (Å²) in [6, 6.07) is 6.27. The van der Waals surface area contributed by atoms with E-state index in [0.29, 0.717) is 24.4 Å². The van der Waals surface area contributed by atoms with Crippen molar-refractivity contribution >= 4 is 11.4 Å². The van der Waals surface area contributed by atoms with Crippen molar-refractivity contribution < 1.29 is 9.47 Å². The number of benzene rings is 1. The van der Waals surface area contributed by atoms with Crippen LogP contribution in [0.15, 0.2) is 18.2 Å². The molecule has 0 aromatic heterocycles. The van der Waals surface area contributed by atoms with Gasteiger partial charge in [-0.15, -0.1) is 0 Å². The van der Waals surface area contributed by atoms with Gasteiger partial charge in [0.1, 0.15) is 5.75 Å². The average Bonchev–Trinajstić information content (AvgIpc) is 2.43. The maximum Gasteiger partial charge on any atom is 0.144 e. The van der Waals surface area contributed by atoms with Crippen LogP contribution in [0.25, 0.3) is 0 Å². The first kappa shape index (κ1) is 15.0. The van der Waals surface area contributed by atoms with E-state index in [4.69, 9.17) is 15.2 Å². The van der Waals surface area contributed by atoms with Crippen molar-refractivity contribution in [1.29, 1.82) is 0 Å². The lowest BCUT2D eigenvalue weighted by Gasteiger charge is -2.51. The number of methoxy groups -OCH3 is 1. The summed E-state index contributed by atoms with van der Waals surface area (Å²) in [5, 5.41) is 3.53. The van der Waals surface area contributed by atoms with Gasteiger partial charge in [0, 0.05) is 18.6 Å². The fourth-order valence-electron chi connectivity index (χ4n) is 2.73. The second-order valence-electron chi connectivity index (χ2n) is 6.04. The number of nitrogens with two attached hydrogens (primary N) is 1. The first-order valence-corrected chi connectivity index (χ1v) is 7.31. The molecule has 0 bridgehead atoms. The molecule has 112 valence electrons. The van der Waals surface area contributed by atoms with E-state index in [0.717, 1.165) is 24.3 Å². The van der Waals surface area contributed by atoms with Crippen LogP contribution in [0.2, 0.25) is 0 Å². The highest BCUT2D eigenvalue weighted by Gasteiger charge is 2.48. The lowest BCUT2D eigenvalue weighted by atomic mass is 9.64. The topological polar surface area (TPSA) is 56.5 Å². The van der Waals surface area contributed by atoms with E-state index in [1.165, 1.54) is 0 Å². The van der Waals surface area contributed by atoms with E-state index in [9.17, 15) is 0 Å². The normalized spacial score (nSPS) is 24.0. The third kappa shape index (κ3) is 2.70. The molecular weight excluding hydrogens is 252 g/mol. The Morgan fingerprint density at radius 3 is 2.75 bits per heavy atom. The Kier molecular flexibility index (Phi) is 4.43. The summed E-state index contributed by atoms with van der Waals surface area (Å²) >= 11 is 0. The average molecular weight is 278 g/mol. The highest BCUT2D eigenvalue weighted by atomic mass is 16.5. The number of nitrogens with one attached hydrogen (secondary N) is 1. The molecule has 20 heavy (non-hydrogen) atoms. The maximum absolute atomic E-state index is 6.19. The largest absolute Gasteiger partial charge is 0.491 e. The molecule has 3 N–H and O–H groups in total. The number of rotatable bonds is 6. The standard InChI is InChI=1S/C16H26N2O2/c1-5-9-20-12-8-6-7-11(15(12)17)18-13-10-14(19-4)16(13,2)3/h6-8,13-14,18H,5,9-10,17H2,1-4H3. The van der Waals surface area contributed by atoms with E-state index in [2.05, 4.69) is 26.1 Å². The molecule has 0 aliphatic heterocycles. The van der Waals surface area contributed by atoms with Crippen molar-refractivity contribution in [2.45, 2.75) is 45.8 Å². The van der Waals surface area contributed by atoms with Crippen LogP contribution in [-0.2, 0) is 4.74 Å². The van der Waals surface area contributed by atoms with Crippen LogP contribution in [0.4, 0.5) is 11.4 Å². The molecule has 1 saturated carbocycles. The van der Waals surface area contributed by atoms with Gasteiger partial charge in [-0.25, -0.2) is 0 Å². The van der Waals surface area contributed by atoms with Gasteiger partial charge in [-0.1, -0.05) is 26.8 Å². The molecule has 1 aliphatic rings. The van der Waals surface area contributed by atoms with Crippen molar-refractivity contribution in [3.05, 3.63) is 18.2 Å². The molecule has 0 radical (unpaired) electrons. The van der Waals surface area contributed by atoms with E-state index >= 15 is 0 Å². The molecule has 1 aliphatic carbocycles. The van der Waals surface area contributed by atoms with Crippen molar-refractivity contribution in [1.82, 2.24) is 0 Å². The van der Waals surface area contributed by atoms with Crippen LogP contribution in [-0.4, -0.2) is 25.9 Å². The summed E-state index contributed by atoms with van der Waals surface area (Å²) < 4.78 is 11.1. The minimum absolute atomic E-state index is 0.113. The fourth-order valence-corrected chi connectivity index (χ4v) is 2.73. The van der Waals surface area contributed by atoms with Crippen LogP contribution in [0.3, 0.4) is 0 Å². The van der Waals surface area contributed by atoms with Gasteiger partial charge in [0.25, 0.3) is 0 Å². The molecule has 0 amide bonds. The number of hydrogen-bond donors (Lipinski definition) is 2. The first-order valence-electron chi connectivity index (χ1n) is 7.31. The monoisotopic (exact) mass is 278 g/mol. The molecule has 0 saturated heterocycles. The molecule has 1 aromatic rings. The molecule has 0 spiro atoms. The van der Waals surface area contributed by atoms with Gasteiger partial charge in [0.2, 0.25) is 0 Å². The van der Waals surface area contributed by atoms with Gasteiger partial charge < -0.3 is 20.5 Å². The summed E-state index contributed by atoms with van der Waals surface area (Å²) in [5.74, 6) is 0.761. The SMILES string of the molecule is CCCOc1cccc(NC2CC(OC)C2(C)C)c1N. The number of para-hydroxylation sites is 1. The fraction of sp³-hybridized carbons (Fsp3) is 0.625. The Balaban J connectivity index is 2.07. The minimum Gasteiger partial charge on any atom is -0.491 e. The summed E-state index contributed by atoms with van der Waals surface area (Å²) in [4.78, 5) is 0. The van der Waals surface area contributed by atoms with Gasteiger partial charge in [-0.2, -0.15) is 0 Å². The van der Waals surface area contributed by atoms with Crippen molar-refractivity contribution in [3.8, 4) is 5.75 Å². The van der Waals surface area contributed by atoms with E-state index < -0.39 is 0 Å². The number of hydrogen-bond acceptors (Lipinski definition) is 4. The van der Waals surface area contributed by atoms with Gasteiger partial charge in [0.15, 0.2) is 0 Å². The Hall–Kier alpha value is -1.42. The Labute approximate surface area is 121 Å². The van der Waals surface area contributed by atoms with Crippen molar-refractivity contribution in [2.24, 2.45) is 5.41 Å². The first-order chi connectivity index (χ1) is 9.50. The Bertz CT molecular complexity index is 460.